The number of nitrogens with one attached hydrogen (secondary N) is 1. The van der Waals surface area contributed by atoms with Crippen LogP contribution in [0.1, 0.15) is 24.1 Å². The van der Waals surface area contributed by atoms with Crippen molar-refractivity contribution < 1.29 is 0 Å². The molecule has 0 saturated carbocycles. The number of fused-ring (bicyclic) bond motifs is 1. The topological polar surface area (TPSA) is 17.0 Å². The Bertz CT molecular complexity index is 698. The maximum Gasteiger partial charge on any atom is 0.0486 e. The minimum absolute atomic E-state index is 0.375. The van der Waals surface area contributed by atoms with Crippen LogP contribution in [-0.2, 0) is 6.54 Å². The molecule has 0 spiro atoms. The van der Waals surface area contributed by atoms with Crippen molar-refractivity contribution in [1.82, 2.24) is 9.88 Å². The molecule has 0 saturated heterocycles. The zero-order chi connectivity index (χ0) is 13.9. The third kappa shape index (κ3) is 2.47. The number of hydrogen-bond acceptors (Lipinski definition) is 1. The summed E-state index contributed by atoms with van der Waals surface area (Å²) in [5.41, 5.74) is 3.96. The lowest BCUT2D eigenvalue weighted by Crippen LogP contribution is -2.12. The van der Waals surface area contributed by atoms with E-state index in [1.54, 1.807) is 0 Å². The predicted octanol–water partition coefficient (Wildman–Crippen LogP) is 3.97. The van der Waals surface area contributed by atoms with E-state index in [0.29, 0.717) is 6.04 Å². The van der Waals surface area contributed by atoms with Crippen LogP contribution in [0, 0.1) is 0 Å². The molecule has 0 amide bonds. The summed E-state index contributed by atoms with van der Waals surface area (Å²) in [5.74, 6) is 0. The Morgan fingerprint density at radius 1 is 1.05 bits per heavy atom. The first-order valence-electron chi connectivity index (χ1n) is 7.08. The molecule has 0 radical (unpaired) electrons. The first-order chi connectivity index (χ1) is 9.78. The van der Waals surface area contributed by atoms with Gasteiger partial charge in [-0.3, -0.25) is 0 Å². The lowest BCUT2D eigenvalue weighted by molar-refractivity contribution is 0.652. The van der Waals surface area contributed by atoms with Gasteiger partial charge in [0, 0.05) is 24.3 Å². The molecular weight excluding hydrogens is 244 g/mol. The van der Waals surface area contributed by atoms with Crippen LogP contribution < -0.4 is 5.32 Å². The van der Waals surface area contributed by atoms with Crippen LogP contribution >= 0.6 is 0 Å². The summed E-state index contributed by atoms with van der Waals surface area (Å²) < 4.78 is 2.32. The minimum atomic E-state index is 0.375. The van der Waals surface area contributed by atoms with Crippen molar-refractivity contribution in [1.29, 1.82) is 0 Å². The number of hydrogen-bond donors (Lipinski definition) is 1. The summed E-state index contributed by atoms with van der Waals surface area (Å²) in [6, 6.07) is 19.9. The van der Waals surface area contributed by atoms with E-state index in [-0.39, 0.29) is 0 Å². The van der Waals surface area contributed by atoms with Crippen molar-refractivity contribution in [2.75, 3.05) is 7.05 Å². The molecule has 0 bridgehead atoms. The van der Waals surface area contributed by atoms with Gasteiger partial charge in [0.25, 0.3) is 0 Å². The van der Waals surface area contributed by atoms with E-state index >= 15 is 0 Å². The van der Waals surface area contributed by atoms with Gasteiger partial charge in [0.15, 0.2) is 0 Å². The lowest BCUT2D eigenvalue weighted by Gasteiger charge is -2.12. The predicted molar refractivity (Wildman–Crippen MR) is 85.0 cm³/mol. The van der Waals surface area contributed by atoms with Crippen LogP contribution in [-0.4, -0.2) is 11.6 Å². The van der Waals surface area contributed by atoms with E-state index in [2.05, 4.69) is 77.6 Å². The van der Waals surface area contributed by atoms with Gasteiger partial charge in [0.05, 0.1) is 0 Å². The quantitative estimate of drug-likeness (QED) is 0.754. The molecular formula is C18H20N2. The van der Waals surface area contributed by atoms with Gasteiger partial charge in [-0.2, -0.15) is 0 Å². The highest BCUT2D eigenvalue weighted by Gasteiger charge is 2.06. The fourth-order valence-corrected chi connectivity index (χ4v) is 2.55. The molecule has 1 N–H and O–H groups in total. The second kappa shape index (κ2) is 5.51. The Morgan fingerprint density at radius 3 is 2.60 bits per heavy atom. The molecule has 2 heteroatoms. The van der Waals surface area contributed by atoms with Crippen LogP contribution in [0.5, 0.6) is 0 Å². The summed E-state index contributed by atoms with van der Waals surface area (Å²) in [7, 11) is 2.00. The molecule has 2 nitrogen and oxygen atoms in total. The van der Waals surface area contributed by atoms with Crippen molar-refractivity contribution in [3.05, 3.63) is 71.9 Å². The Labute approximate surface area is 120 Å². The van der Waals surface area contributed by atoms with Crippen molar-refractivity contribution in [3.8, 4) is 0 Å². The third-order valence-corrected chi connectivity index (χ3v) is 3.93. The maximum atomic E-state index is 3.30. The van der Waals surface area contributed by atoms with Gasteiger partial charge in [-0.15, -0.1) is 0 Å². The second-order valence-corrected chi connectivity index (χ2v) is 5.26. The molecule has 1 atom stereocenters. The largest absolute Gasteiger partial charge is 0.343 e. The lowest BCUT2D eigenvalue weighted by atomic mass is 10.1. The molecule has 1 unspecified atom stereocenters. The first kappa shape index (κ1) is 12.9. The minimum Gasteiger partial charge on any atom is -0.343 e. The van der Waals surface area contributed by atoms with Gasteiger partial charge >= 0.3 is 0 Å². The fraction of sp³-hybridized carbons (Fsp3) is 0.222. The van der Waals surface area contributed by atoms with Crippen molar-refractivity contribution in [3.63, 3.8) is 0 Å². The highest BCUT2D eigenvalue weighted by molar-refractivity contribution is 5.81. The molecule has 0 fully saturated rings. The monoisotopic (exact) mass is 264 g/mol. The van der Waals surface area contributed by atoms with Gasteiger partial charge in [0.2, 0.25) is 0 Å². The second-order valence-electron chi connectivity index (χ2n) is 5.26. The zero-order valence-electron chi connectivity index (χ0n) is 12.0. The van der Waals surface area contributed by atoms with Crippen molar-refractivity contribution in [2.45, 2.75) is 19.5 Å². The molecule has 20 heavy (non-hydrogen) atoms. The van der Waals surface area contributed by atoms with Crippen LogP contribution in [0.25, 0.3) is 10.9 Å². The SMILES string of the molecule is CNC(C)c1ccc2ccn(Cc3ccccc3)c2c1. The highest BCUT2D eigenvalue weighted by atomic mass is 15.0. The Hall–Kier alpha value is -2.06. The average molecular weight is 264 g/mol. The van der Waals surface area contributed by atoms with Gasteiger partial charge in [0.1, 0.15) is 0 Å². The van der Waals surface area contributed by atoms with E-state index in [1.807, 2.05) is 7.05 Å². The molecule has 3 aromatic rings. The van der Waals surface area contributed by atoms with Gasteiger partial charge in [-0.1, -0.05) is 42.5 Å². The smallest absolute Gasteiger partial charge is 0.0486 e. The number of rotatable bonds is 4. The Balaban J connectivity index is 1.99. The Morgan fingerprint density at radius 2 is 1.85 bits per heavy atom. The summed E-state index contributed by atoms with van der Waals surface area (Å²) in [5, 5.41) is 4.60. The van der Waals surface area contributed by atoms with Crippen molar-refractivity contribution >= 4 is 10.9 Å². The molecule has 0 aliphatic heterocycles. The number of aromatic nitrogens is 1. The van der Waals surface area contributed by atoms with E-state index in [1.165, 1.54) is 22.0 Å². The number of nitrogens with zero attached hydrogens (tertiary/aromatic N) is 1. The van der Waals surface area contributed by atoms with Gasteiger partial charge in [-0.25, -0.2) is 0 Å². The molecule has 3 rings (SSSR count). The third-order valence-electron chi connectivity index (χ3n) is 3.93. The summed E-state index contributed by atoms with van der Waals surface area (Å²) in [6.07, 6.45) is 2.17. The molecule has 2 aromatic carbocycles. The summed E-state index contributed by atoms with van der Waals surface area (Å²) in [4.78, 5) is 0. The summed E-state index contributed by atoms with van der Waals surface area (Å²) in [6.45, 7) is 3.10. The normalized spacial score (nSPS) is 12.7. The van der Waals surface area contributed by atoms with Gasteiger partial charge < -0.3 is 9.88 Å². The van der Waals surface area contributed by atoms with Crippen molar-refractivity contribution in [2.24, 2.45) is 0 Å². The van der Waals surface area contributed by atoms with E-state index in [0.717, 1.165) is 6.54 Å². The van der Waals surface area contributed by atoms with E-state index in [4.69, 9.17) is 0 Å². The van der Waals surface area contributed by atoms with Gasteiger partial charge in [-0.05, 0) is 42.6 Å². The fourth-order valence-electron chi connectivity index (χ4n) is 2.55. The molecule has 102 valence electrons. The van der Waals surface area contributed by atoms with Crippen LogP contribution in [0.3, 0.4) is 0 Å². The van der Waals surface area contributed by atoms with Crippen LogP contribution in [0.2, 0.25) is 0 Å². The van der Waals surface area contributed by atoms with Crippen LogP contribution in [0.15, 0.2) is 60.8 Å². The first-order valence-corrected chi connectivity index (χ1v) is 7.08. The number of benzene rings is 2. The molecule has 0 aliphatic carbocycles. The van der Waals surface area contributed by atoms with E-state index < -0.39 is 0 Å². The molecule has 1 heterocycles. The standard InChI is InChI=1S/C18H20N2/c1-14(19-2)17-9-8-16-10-11-20(18(16)12-17)13-15-6-4-3-5-7-15/h3-12,14,19H,13H2,1-2H3. The molecule has 1 aromatic heterocycles. The zero-order valence-corrected chi connectivity index (χ0v) is 12.0. The summed E-state index contributed by atoms with van der Waals surface area (Å²) >= 11 is 0. The maximum absolute atomic E-state index is 3.30. The Kier molecular flexibility index (Phi) is 3.57. The highest BCUT2D eigenvalue weighted by Crippen LogP contribution is 2.22. The average Bonchev–Trinajstić information content (AvgIpc) is 2.90. The molecule has 0 aliphatic rings. The van der Waals surface area contributed by atoms with Crippen LogP contribution in [0.4, 0.5) is 0 Å². The van der Waals surface area contributed by atoms with E-state index in [9.17, 15) is 0 Å².